The second-order valence-corrected chi connectivity index (χ2v) is 5.51. The van der Waals surface area contributed by atoms with Gasteiger partial charge in [-0.25, -0.2) is 0 Å². The molecular weight excluding hydrogens is 222 g/mol. The van der Waals surface area contributed by atoms with E-state index in [0.717, 1.165) is 24.7 Å². The van der Waals surface area contributed by atoms with Crippen molar-refractivity contribution in [2.75, 3.05) is 13.2 Å². The standard InChI is InChI=1S/C13H18ClNO/c1-13(2)9-16-8-12(15-13)7-10-4-3-5-11(14)6-10/h3-6,12,15H,7-9H2,1-2H3. The van der Waals surface area contributed by atoms with Gasteiger partial charge in [-0.05, 0) is 38.0 Å². The van der Waals surface area contributed by atoms with Crippen molar-refractivity contribution >= 4 is 11.6 Å². The zero-order valence-corrected chi connectivity index (χ0v) is 10.6. The molecule has 0 amide bonds. The van der Waals surface area contributed by atoms with Crippen LogP contribution in [0.2, 0.25) is 5.02 Å². The summed E-state index contributed by atoms with van der Waals surface area (Å²) in [6.45, 7) is 5.88. The van der Waals surface area contributed by atoms with Crippen LogP contribution in [-0.2, 0) is 11.2 Å². The number of rotatable bonds is 2. The van der Waals surface area contributed by atoms with Gasteiger partial charge in [0.2, 0.25) is 0 Å². The smallest absolute Gasteiger partial charge is 0.0643 e. The van der Waals surface area contributed by atoms with Gasteiger partial charge in [-0.3, -0.25) is 0 Å². The van der Waals surface area contributed by atoms with E-state index < -0.39 is 0 Å². The first-order valence-corrected chi connectivity index (χ1v) is 6.03. The molecule has 0 radical (unpaired) electrons. The maximum Gasteiger partial charge on any atom is 0.0643 e. The summed E-state index contributed by atoms with van der Waals surface area (Å²) in [6, 6.07) is 8.40. The predicted octanol–water partition coefficient (Wildman–Crippen LogP) is 2.65. The van der Waals surface area contributed by atoms with Gasteiger partial charge in [-0.1, -0.05) is 23.7 Å². The molecule has 2 nitrogen and oxygen atoms in total. The SMILES string of the molecule is CC1(C)COCC(Cc2cccc(Cl)c2)N1. The Balaban J connectivity index is 1.99. The molecule has 1 aromatic carbocycles. The molecule has 1 aromatic rings. The summed E-state index contributed by atoms with van der Waals surface area (Å²) >= 11 is 5.97. The van der Waals surface area contributed by atoms with Gasteiger partial charge >= 0.3 is 0 Å². The van der Waals surface area contributed by atoms with Crippen LogP contribution in [0.3, 0.4) is 0 Å². The molecule has 1 fully saturated rings. The lowest BCUT2D eigenvalue weighted by Gasteiger charge is -2.37. The maximum absolute atomic E-state index is 5.97. The number of morpholine rings is 1. The van der Waals surface area contributed by atoms with Crippen LogP contribution in [0.5, 0.6) is 0 Å². The van der Waals surface area contributed by atoms with Gasteiger partial charge in [0, 0.05) is 16.6 Å². The van der Waals surface area contributed by atoms with Crippen molar-refractivity contribution in [2.45, 2.75) is 31.8 Å². The van der Waals surface area contributed by atoms with Crippen molar-refractivity contribution in [1.82, 2.24) is 5.32 Å². The number of halogens is 1. The van der Waals surface area contributed by atoms with E-state index in [9.17, 15) is 0 Å². The Bertz CT molecular complexity index is 365. The average molecular weight is 240 g/mol. The Morgan fingerprint density at radius 3 is 3.00 bits per heavy atom. The van der Waals surface area contributed by atoms with E-state index in [4.69, 9.17) is 16.3 Å². The quantitative estimate of drug-likeness (QED) is 0.857. The molecule has 1 heterocycles. The number of hydrogen-bond acceptors (Lipinski definition) is 2. The van der Waals surface area contributed by atoms with E-state index in [1.54, 1.807) is 0 Å². The van der Waals surface area contributed by atoms with E-state index in [1.165, 1.54) is 5.56 Å². The Morgan fingerprint density at radius 1 is 1.50 bits per heavy atom. The molecule has 1 atom stereocenters. The third-order valence-corrected chi connectivity index (χ3v) is 2.98. The summed E-state index contributed by atoms with van der Waals surface area (Å²) in [5, 5.41) is 4.39. The first-order valence-electron chi connectivity index (χ1n) is 5.65. The van der Waals surface area contributed by atoms with Crippen molar-refractivity contribution in [3.8, 4) is 0 Å². The lowest BCUT2D eigenvalue weighted by molar-refractivity contribution is 0.0135. The highest BCUT2D eigenvalue weighted by molar-refractivity contribution is 6.30. The van der Waals surface area contributed by atoms with Crippen LogP contribution in [0.1, 0.15) is 19.4 Å². The lowest BCUT2D eigenvalue weighted by Crippen LogP contribution is -2.56. The second kappa shape index (κ2) is 4.74. The topological polar surface area (TPSA) is 21.3 Å². The van der Waals surface area contributed by atoms with Gasteiger partial charge in [0.05, 0.1) is 13.2 Å². The van der Waals surface area contributed by atoms with Gasteiger partial charge in [0.25, 0.3) is 0 Å². The second-order valence-electron chi connectivity index (χ2n) is 5.07. The van der Waals surface area contributed by atoms with E-state index in [0.29, 0.717) is 6.04 Å². The third kappa shape index (κ3) is 3.21. The molecule has 1 aliphatic heterocycles. The molecule has 3 heteroatoms. The molecule has 0 bridgehead atoms. The van der Waals surface area contributed by atoms with Crippen LogP contribution in [0.25, 0.3) is 0 Å². The van der Waals surface area contributed by atoms with Crippen molar-refractivity contribution < 1.29 is 4.74 Å². The molecule has 0 saturated carbocycles. The van der Waals surface area contributed by atoms with Crippen LogP contribution in [0.4, 0.5) is 0 Å². The largest absolute Gasteiger partial charge is 0.378 e. The minimum absolute atomic E-state index is 0.0709. The molecule has 0 aliphatic carbocycles. The summed E-state index contributed by atoms with van der Waals surface area (Å²) in [6.07, 6.45) is 0.962. The van der Waals surface area contributed by atoms with Crippen LogP contribution >= 0.6 is 11.6 Å². The summed E-state index contributed by atoms with van der Waals surface area (Å²) in [7, 11) is 0. The zero-order chi connectivity index (χ0) is 11.6. The first-order chi connectivity index (χ1) is 7.55. The normalized spacial score (nSPS) is 24.3. The fraction of sp³-hybridized carbons (Fsp3) is 0.538. The maximum atomic E-state index is 5.97. The van der Waals surface area contributed by atoms with E-state index in [2.05, 4.69) is 25.2 Å². The van der Waals surface area contributed by atoms with Gasteiger partial charge in [0.15, 0.2) is 0 Å². The van der Waals surface area contributed by atoms with Crippen molar-refractivity contribution in [2.24, 2.45) is 0 Å². The lowest BCUT2D eigenvalue weighted by atomic mass is 9.99. The summed E-state index contributed by atoms with van der Waals surface area (Å²) in [4.78, 5) is 0. The molecule has 1 saturated heterocycles. The van der Waals surface area contributed by atoms with Crippen LogP contribution in [0.15, 0.2) is 24.3 Å². The minimum Gasteiger partial charge on any atom is -0.378 e. The summed E-state index contributed by atoms with van der Waals surface area (Å²) in [5.41, 5.74) is 1.33. The number of hydrogen-bond donors (Lipinski definition) is 1. The van der Waals surface area contributed by atoms with Crippen molar-refractivity contribution in [3.63, 3.8) is 0 Å². The average Bonchev–Trinajstić information content (AvgIpc) is 2.15. The Labute approximate surface area is 102 Å². The van der Waals surface area contributed by atoms with Gasteiger partial charge in [-0.2, -0.15) is 0 Å². The molecular formula is C13H18ClNO. The highest BCUT2D eigenvalue weighted by atomic mass is 35.5. The predicted molar refractivity (Wildman–Crippen MR) is 67.0 cm³/mol. The zero-order valence-electron chi connectivity index (χ0n) is 9.79. The van der Waals surface area contributed by atoms with Crippen LogP contribution in [0, 0.1) is 0 Å². The first kappa shape index (κ1) is 11.9. The van der Waals surface area contributed by atoms with Crippen LogP contribution < -0.4 is 5.32 Å². The van der Waals surface area contributed by atoms with E-state index >= 15 is 0 Å². The van der Waals surface area contributed by atoms with Gasteiger partial charge in [0.1, 0.15) is 0 Å². The summed E-state index contributed by atoms with van der Waals surface area (Å²) < 4.78 is 5.60. The van der Waals surface area contributed by atoms with Crippen molar-refractivity contribution in [3.05, 3.63) is 34.9 Å². The highest BCUT2D eigenvalue weighted by Gasteiger charge is 2.27. The Morgan fingerprint density at radius 2 is 2.31 bits per heavy atom. The van der Waals surface area contributed by atoms with Gasteiger partial charge < -0.3 is 10.1 Å². The molecule has 88 valence electrons. The molecule has 0 spiro atoms. The van der Waals surface area contributed by atoms with Gasteiger partial charge in [-0.15, -0.1) is 0 Å². The Hall–Kier alpha value is -0.570. The fourth-order valence-corrected chi connectivity index (χ4v) is 2.36. The highest BCUT2D eigenvalue weighted by Crippen LogP contribution is 2.16. The molecule has 1 aliphatic rings. The van der Waals surface area contributed by atoms with Crippen molar-refractivity contribution in [1.29, 1.82) is 0 Å². The number of ether oxygens (including phenoxy) is 1. The molecule has 16 heavy (non-hydrogen) atoms. The molecule has 1 N–H and O–H groups in total. The molecule has 1 unspecified atom stereocenters. The number of benzene rings is 1. The van der Waals surface area contributed by atoms with E-state index in [-0.39, 0.29) is 5.54 Å². The fourth-order valence-electron chi connectivity index (χ4n) is 2.15. The monoisotopic (exact) mass is 239 g/mol. The van der Waals surface area contributed by atoms with Crippen LogP contribution in [-0.4, -0.2) is 24.8 Å². The van der Waals surface area contributed by atoms with E-state index in [1.807, 2.05) is 18.2 Å². The minimum atomic E-state index is 0.0709. The third-order valence-electron chi connectivity index (χ3n) is 2.75. The summed E-state index contributed by atoms with van der Waals surface area (Å²) in [5.74, 6) is 0. The number of nitrogens with one attached hydrogen (secondary N) is 1. The molecule has 2 rings (SSSR count). The molecule has 0 aromatic heterocycles. The Kier molecular flexibility index (Phi) is 3.53.